The molecule has 0 saturated heterocycles. The number of nitrogens with two attached hydrogens (primary N) is 1. The van der Waals surface area contributed by atoms with Gasteiger partial charge in [-0.25, -0.2) is 0 Å². The van der Waals surface area contributed by atoms with Crippen LogP contribution in [0.15, 0.2) is 47.9 Å². The minimum atomic E-state index is 0.0259. The highest BCUT2D eigenvalue weighted by molar-refractivity contribution is 5.99. The summed E-state index contributed by atoms with van der Waals surface area (Å²) < 4.78 is 5.69. The fourth-order valence-electron chi connectivity index (χ4n) is 1.72. The zero-order valence-electron chi connectivity index (χ0n) is 10.6. The van der Waals surface area contributed by atoms with Crippen molar-refractivity contribution in [1.29, 1.82) is 0 Å². The Morgan fingerprint density at radius 3 is 2.89 bits per heavy atom. The van der Waals surface area contributed by atoms with Gasteiger partial charge in [0.2, 0.25) is 0 Å². The number of para-hydroxylation sites is 1. The lowest BCUT2D eigenvalue weighted by Crippen LogP contribution is -2.14. The number of benzene rings is 1. The van der Waals surface area contributed by atoms with Crippen LogP contribution in [0.25, 0.3) is 0 Å². The second-order valence-corrected chi connectivity index (χ2v) is 4.14. The smallest absolute Gasteiger partial charge is 0.173 e. The van der Waals surface area contributed by atoms with E-state index in [2.05, 4.69) is 10.1 Å². The van der Waals surface area contributed by atoms with E-state index >= 15 is 0 Å². The van der Waals surface area contributed by atoms with Crippen molar-refractivity contribution in [2.24, 2.45) is 10.9 Å². The van der Waals surface area contributed by atoms with E-state index in [1.54, 1.807) is 30.6 Å². The molecule has 2 aromatic rings. The van der Waals surface area contributed by atoms with E-state index in [1.807, 2.05) is 19.1 Å². The molecule has 0 spiro atoms. The van der Waals surface area contributed by atoms with E-state index in [1.165, 1.54) is 0 Å². The molecule has 98 valence electrons. The standard InChI is InChI=1S/C14H15N3O2/c1-10-6-11(8-16-7-10)9-19-13-5-3-2-4-12(13)14(15)17-18/h2-8,18H,9H2,1H3,(H2,15,17). The van der Waals surface area contributed by atoms with E-state index in [0.29, 0.717) is 17.9 Å². The van der Waals surface area contributed by atoms with Gasteiger partial charge in [-0.15, -0.1) is 0 Å². The maximum Gasteiger partial charge on any atom is 0.173 e. The van der Waals surface area contributed by atoms with E-state index in [9.17, 15) is 0 Å². The monoisotopic (exact) mass is 257 g/mol. The second kappa shape index (κ2) is 5.86. The number of aryl methyl sites for hydroxylation is 1. The van der Waals surface area contributed by atoms with Crippen LogP contribution in [0.3, 0.4) is 0 Å². The summed E-state index contributed by atoms with van der Waals surface area (Å²) in [6.07, 6.45) is 3.53. The summed E-state index contributed by atoms with van der Waals surface area (Å²) in [5, 5.41) is 11.7. The molecule has 2 rings (SSSR count). The largest absolute Gasteiger partial charge is 0.488 e. The average molecular weight is 257 g/mol. The van der Waals surface area contributed by atoms with Crippen LogP contribution in [0.4, 0.5) is 0 Å². The van der Waals surface area contributed by atoms with Crippen molar-refractivity contribution >= 4 is 5.84 Å². The number of amidine groups is 1. The maximum atomic E-state index is 8.73. The Morgan fingerprint density at radius 1 is 1.37 bits per heavy atom. The number of rotatable bonds is 4. The van der Waals surface area contributed by atoms with Gasteiger partial charge in [0, 0.05) is 18.0 Å². The Morgan fingerprint density at radius 2 is 2.16 bits per heavy atom. The number of hydrogen-bond donors (Lipinski definition) is 2. The first-order valence-corrected chi connectivity index (χ1v) is 5.81. The fraction of sp³-hybridized carbons (Fsp3) is 0.143. The Hall–Kier alpha value is -2.56. The molecule has 1 heterocycles. The number of nitrogens with zero attached hydrogens (tertiary/aromatic N) is 2. The molecule has 0 aliphatic carbocycles. The first-order valence-electron chi connectivity index (χ1n) is 5.81. The Labute approximate surface area is 111 Å². The second-order valence-electron chi connectivity index (χ2n) is 4.14. The molecule has 0 atom stereocenters. The zero-order valence-corrected chi connectivity index (χ0v) is 10.6. The predicted octanol–water partition coefficient (Wildman–Crippen LogP) is 2.06. The molecular weight excluding hydrogens is 242 g/mol. The molecular formula is C14H15N3O2. The Bertz CT molecular complexity index is 597. The first kappa shape index (κ1) is 12.9. The van der Waals surface area contributed by atoms with Crippen LogP contribution in [0, 0.1) is 6.92 Å². The van der Waals surface area contributed by atoms with Crippen LogP contribution in [-0.2, 0) is 6.61 Å². The van der Waals surface area contributed by atoms with Crippen LogP contribution in [0.5, 0.6) is 5.75 Å². The number of pyridine rings is 1. The third kappa shape index (κ3) is 3.22. The molecule has 19 heavy (non-hydrogen) atoms. The summed E-state index contributed by atoms with van der Waals surface area (Å²) in [5.74, 6) is 0.595. The van der Waals surface area contributed by atoms with Crippen molar-refractivity contribution in [3.05, 3.63) is 59.4 Å². The van der Waals surface area contributed by atoms with E-state index in [4.69, 9.17) is 15.7 Å². The summed E-state index contributed by atoms with van der Waals surface area (Å²) in [5.41, 5.74) is 8.20. The number of hydrogen-bond acceptors (Lipinski definition) is 4. The first-order chi connectivity index (χ1) is 9.20. The van der Waals surface area contributed by atoms with Gasteiger partial charge < -0.3 is 15.7 Å². The van der Waals surface area contributed by atoms with Crippen LogP contribution >= 0.6 is 0 Å². The number of ether oxygens (including phenoxy) is 1. The van der Waals surface area contributed by atoms with Gasteiger partial charge in [-0.05, 0) is 30.7 Å². The Kier molecular flexibility index (Phi) is 3.97. The van der Waals surface area contributed by atoms with Gasteiger partial charge in [0.15, 0.2) is 5.84 Å². The van der Waals surface area contributed by atoms with Gasteiger partial charge in [-0.2, -0.15) is 0 Å². The lowest BCUT2D eigenvalue weighted by molar-refractivity contribution is 0.302. The minimum absolute atomic E-state index is 0.0259. The summed E-state index contributed by atoms with van der Waals surface area (Å²) >= 11 is 0. The molecule has 0 fully saturated rings. The molecule has 0 saturated carbocycles. The molecule has 1 aromatic heterocycles. The van der Waals surface area contributed by atoms with Crippen LogP contribution in [0.1, 0.15) is 16.7 Å². The SMILES string of the molecule is Cc1cncc(COc2ccccc2/C(N)=N/O)c1. The number of aromatic nitrogens is 1. The summed E-state index contributed by atoms with van der Waals surface area (Å²) in [6, 6.07) is 9.14. The highest BCUT2D eigenvalue weighted by Crippen LogP contribution is 2.19. The van der Waals surface area contributed by atoms with Gasteiger partial charge in [-0.3, -0.25) is 4.98 Å². The van der Waals surface area contributed by atoms with Crippen LogP contribution < -0.4 is 10.5 Å². The summed E-state index contributed by atoms with van der Waals surface area (Å²) in [4.78, 5) is 4.10. The quantitative estimate of drug-likeness (QED) is 0.380. The molecule has 3 N–H and O–H groups in total. The lowest BCUT2D eigenvalue weighted by Gasteiger charge is -2.10. The van der Waals surface area contributed by atoms with Crippen molar-refractivity contribution < 1.29 is 9.94 Å². The molecule has 5 nitrogen and oxygen atoms in total. The fourth-order valence-corrected chi connectivity index (χ4v) is 1.72. The van der Waals surface area contributed by atoms with E-state index in [-0.39, 0.29) is 5.84 Å². The Balaban J connectivity index is 2.16. The molecule has 0 bridgehead atoms. The topological polar surface area (TPSA) is 80.7 Å². The maximum absolute atomic E-state index is 8.73. The third-order valence-electron chi connectivity index (χ3n) is 2.60. The summed E-state index contributed by atoms with van der Waals surface area (Å²) in [7, 11) is 0. The zero-order chi connectivity index (χ0) is 13.7. The molecule has 0 aliphatic heterocycles. The van der Waals surface area contributed by atoms with Gasteiger partial charge in [0.05, 0.1) is 5.56 Å². The van der Waals surface area contributed by atoms with Gasteiger partial charge in [-0.1, -0.05) is 17.3 Å². The molecule has 5 heteroatoms. The van der Waals surface area contributed by atoms with Crippen molar-refractivity contribution in [3.63, 3.8) is 0 Å². The van der Waals surface area contributed by atoms with Gasteiger partial charge in [0.25, 0.3) is 0 Å². The third-order valence-corrected chi connectivity index (χ3v) is 2.60. The van der Waals surface area contributed by atoms with Crippen LogP contribution in [0.2, 0.25) is 0 Å². The van der Waals surface area contributed by atoms with Gasteiger partial charge in [0.1, 0.15) is 12.4 Å². The highest BCUT2D eigenvalue weighted by atomic mass is 16.5. The molecule has 0 radical (unpaired) electrons. The highest BCUT2D eigenvalue weighted by Gasteiger charge is 2.07. The van der Waals surface area contributed by atoms with Crippen LogP contribution in [-0.4, -0.2) is 16.0 Å². The van der Waals surface area contributed by atoms with Crippen molar-refractivity contribution in [1.82, 2.24) is 4.98 Å². The normalized spacial score (nSPS) is 11.3. The molecule has 0 amide bonds. The van der Waals surface area contributed by atoms with E-state index < -0.39 is 0 Å². The lowest BCUT2D eigenvalue weighted by atomic mass is 10.2. The van der Waals surface area contributed by atoms with Crippen molar-refractivity contribution in [2.75, 3.05) is 0 Å². The van der Waals surface area contributed by atoms with Gasteiger partial charge >= 0.3 is 0 Å². The molecule has 0 aliphatic rings. The summed E-state index contributed by atoms with van der Waals surface area (Å²) in [6.45, 7) is 2.35. The van der Waals surface area contributed by atoms with E-state index in [0.717, 1.165) is 11.1 Å². The minimum Gasteiger partial charge on any atom is -0.488 e. The average Bonchev–Trinajstić information content (AvgIpc) is 2.45. The number of oxime groups is 1. The molecule has 1 aromatic carbocycles. The van der Waals surface area contributed by atoms with Crippen molar-refractivity contribution in [2.45, 2.75) is 13.5 Å². The van der Waals surface area contributed by atoms with Crippen molar-refractivity contribution in [3.8, 4) is 5.75 Å². The predicted molar refractivity (Wildman–Crippen MR) is 72.3 cm³/mol. The molecule has 0 unspecified atom stereocenters.